The normalized spacial score (nSPS) is 44.8. The fourth-order valence-corrected chi connectivity index (χ4v) is 8.49. The largest absolute Gasteiger partial charge is 0.504 e. The van der Waals surface area contributed by atoms with E-state index in [-0.39, 0.29) is 37.7 Å². The molecule has 2 saturated carbocycles. The molecule has 40 heavy (non-hydrogen) atoms. The molecule has 0 radical (unpaired) electrons. The maximum atomic E-state index is 13.5. The number of hydrogen-bond donors (Lipinski definition) is 4. The van der Waals surface area contributed by atoms with Crippen molar-refractivity contribution in [3.63, 3.8) is 0 Å². The number of aliphatic hydroxyl groups excluding tert-OH is 4. The Kier molecular flexibility index (Phi) is 6.72. The first-order valence-corrected chi connectivity index (χ1v) is 13.4. The summed E-state index contributed by atoms with van der Waals surface area (Å²) in [7, 11) is 1.08. The Labute approximate surface area is 230 Å². The second kappa shape index (κ2) is 9.37. The molecule has 0 aromatic rings. The van der Waals surface area contributed by atoms with Gasteiger partial charge in [0.15, 0.2) is 11.5 Å². The minimum Gasteiger partial charge on any atom is -0.504 e. The van der Waals surface area contributed by atoms with E-state index in [4.69, 9.17) is 18.9 Å². The fraction of sp³-hybridized carbons (Fsp3) is 0.714. The van der Waals surface area contributed by atoms with Gasteiger partial charge in [-0.25, -0.2) is 14.4 Å². The first-order chi connectivity index (χ1) is 18.7. The van der Waals surface area contributed by atoms with Gasteiger partial charge in [-0.2, -0.15) is 0 Å². The summed E-state index contributed by atoms with van der Waals surface area (Å²) in [6, 6.07) is 0. The Morgan fingerprint density at radius 2 is 1.90 bits per heavy atom. The van der Waals surface area contributed by atoms with E-state index >= 15 is 0 Å². The van der Waals surface area contributed by atoms with Gasteiger partial charge in [0, 0.05) is 36.4 Å². The van der Waals surface area contributed by atoms with Crippen LogP contribution < -0.4 is 0 Å². The first kappa shape index (κ1) is 28.7. The molecule has 11 unspecified atom stereocenters. The van der Waals surface area contributed by atoms with Crippen molar-refractivity contribution < 1.29 is 58.6 Å². The monoisotopic (exact) mass is 564 g/mol. The number of carbonyl (C=O) groups excluding carboxylic acids is 4. The van der Waals surface area contributed by atoms with Crippen molar-refractivity contribution in [2.45, 2.75) is 70.6 Å². The molecule has 2 saturated heterocycles. The third kappa shape index (κ3) is 3.45. The van der Waals surface area contributed by atoms with Crippen molar-refractivity contribution in [1.82, 2.24) is 0 Å². The van der Waals surface area contributed by atoms with E-state index in [1.54, 1.807) is 27.7 Å². The van der Waals surface area contributed by atoms with Crippen molar-refractivity contribution in [3.8, 4) is 0 Å². The van der Waals surface area contributed by atoms with Crippen LogP contribution in [0.3, 0.4) is 0 Å². The standard InChI is InChI=1S/C28H36O12/c1-11(12(2)9-29)6-17(31)40-20-22-27-10-38-28(22,25(36)37-5)23(34)19(33)21(27)26(4)8-15(30)18(32)13(3)14(26)7-16(27)39-24(20)35/h6,12,14,16,19-23,29,32-34H,7-10H2,1-5H3. The van der Waals surface area contributed by atoms with Gasteiger partial charge in [0.25, 0.3) is 0 Å². The molecular weight excluding hydrogens is 528 g/mol. The van der Waals surface area contributed by atoms with Gasteiger partial charge in [-0.3, -0.25) is 4.79 Å². The van der Waals surface area contributed by atoms with Crippen LogP contribution in [0.4, 0.5) is 0 Å². The molecule has 220 valence electrons. The summed E-state index contributed by atoms with van der Waals surface area (Å²) < 4.78 is 22.6. The number of allylic oxidation sites excluding steroid dienone is 2. The number of ketones is 1. The predicted molar refractivity (Wildman–Crippen MR) is 133 cm³/mol. The molecule has 0 aromatic heterocycles. The maximum Gasteiger partial charge on any atom is 0.348 e. The molecule has 0 aromatic carbocycles. The Morgan fingerprint density at radius 1 is 1.23 bits per heavy atom. The molecule has 12 heteroatoms. The van der Waals surface area contributed by atoms with Gasteiger partial charge >= 0.3 is 17.9 Å². The highest BCUT2D eigenvalue weighted by Crippen LogP contribution is 2.72. The molecule has 5 aliphatic rings. The highest BCUT2D eigenvalue weighted by molar-refractivity contribution is 5.95. The van der Waals surface area contributed by atoms with E-state index in [1.165, 1.54) is 0 Å². The highest BCUT2D eigenvalue weighted by Gasteiger charge is 2.85. The molecule has 2 heterocycles. The SMILES string of the molecule is COC(=O)C12OCC34C(CC5C(C)=C(O)C(=O)CC5(C)C3C(O)C1O)OC(=O)C(OC(=O)C=C(C)C(C)CO)C24. The van der Waals surface area contributed by atoms with Crippen LogP contribution in [-0.2, 0) is 38.1 Å². The van der Waals surface area contributed by atoms with Crippen LogP contribution in [-0.4, -0.2) is 94.5 Å². The lowest BCUT2D eigenvalue weighted by Gasteiger charge is -2.67. The van der Waals surface area contributed by atoms with Gasteiger partial charge in [0.1, 0.15) is 12.2 Å². The Hall–Kier alpha value is -2.80. The Morgan fingerprint density at radius 3 is 2.52 bits per heavy atom. The summed E-state index contributed by atoms with van der Waals surface area (Å²) in [6.45, 7) is 6.22. The molecule has 11 atom stereocenters. The predicted octanol–water partition coefficient (Wildman–Crippen LogP) is 0.126. The van der Waals surface area contributed by atoms with Crippen LogP contribution >= 0.6 is 0 Å². The number of carbonyl (C=O) groups is 4. The van der Waals surface area contributed by atoms with Gasteiger partial charge in [-0.05, 0) is 37.2 Å². The number of esters is 3. The van der Waals surface area contributed by atoms with E-state index in [2.05, 4.69) is 0 Å². The van der Waals surface area contributed by atoms with Crippen molar-refractivity contribution in [2.24, 2.45) is 34.5 Å². The number of Topliss-reactive ketones (excluding diaryl/α,β-unsaturated/α-hetero) is 1. The number of fused-ring (bicyclic) bond motifs is 2. The first-order valence-electron chi connectivity index (χ1n) is 13.4. The number of ether oxygens (including phenoxy) is 4. The van der Waals surface area contributed by atoms with Crippen molar-refractivity contribution >= 4 is 23.7 Å². The fourth-order valence-electron chi connectivity index (χ4n) is 8.49. The summed E-state index contributed by atoms with van der Waals surface area (Å²) in [5.41, 5.74) is -3.77. The van der Waals surface area contributed by atoms with Crippen LogP contribution in [0.15, 0.2) is 23.0 Å². The van der Waals surface area contributed by atoms with Crippen LogP contribution in [0.1, 0.15) is 40.5 Å². The molecule has 12 nitrogen and oxygen atoms in total. The van der Waals surface area contributed by atoms with Gasteiger partial charge in [-0.15, -0.1) is 0 Å². The number of aliphatic hydroxyl groups is 4. The van der Waals surface area contributed by atoms with Gasteiger partial charge in [0.05, 0.1) is 25.7 Å². The summed E-state index contributed by atoms with van der Waals surface area (Å²) in [5, 5.41) is 43.2. The summed E-state index contributed by atoms with van der Waals surface area (Å²) >= 11 is 0. The van der Waals surface area contributed by atoms with E-state index in [0.717, 1.165) is 13.2 Å². The average molecular weight is 565 g/mol. The van der Waals surface area contributed by atoms with E-state index in [1.807, 2.05) is 0 Å². The van der Waals surface area contributed by atoms with Crippen LogP contribution in [0.2, 0.25) is 0 Å². The van der Waals surface area contributed by atoms with Gasteiger partial charge in [0.2, 0.25) is 11.7 Å². The Bertz CT molecular complexity index is 1220. The topological polar surface area (TPSA) is 186 Å². The van der Waals surface area contributed by atoms with Crippen molar-refractivity contribution in [3.05, 3.63) is 23.0 Å². The zero-order valence-corrected chi connectivity index (χ0v) is 23.1. The molecule has 2 bridgehead atoms. The third-order valence-electron chi connectivity index (χ3n) is 10.5. The number of hydrogen-bond acceptors (Lipinski definition) is 12. The van der Waals surface area contributed by atoms with Crippen molar-refractivity contribution in [1.29, 1.82) is 0 Å². The van der Waals surface area contributed by atoms with Gasteiger partial charge < -0.3 is 39.4 Å². The molecule has 1 spiro atoms. The maximum absolute atomic E-state index is 13.5. The second-order valence-corrected chi connectivity index (χ2v) is 12.3. The van der Waals surface area contributed by atoms with Gasteiger partial charge in [-0.1, -0.05) is 19.4 Å². The zero-order valence-electron chi connectivity index (χ0n) is 23.1. The molecule has 0 amide bonds. The van der Waals surface area contributed by atoms with Crippen LogP contribution in [0.25, 0.3) is 0 Å². The Balaban J connectivity index is 1.68. The number of methoxy groups -OCH3 is 1. The highest BCUT2D eigenvalue weighted by atomic mass is 16.6. The third-order valence-corrected chi connectivity index (χ3v) is 10.5. The minimum absolute atomic E-state index is 0.148. The lowest BCUT2D eigenvalue weighted by molar-refractivity contribution is -0.290. The smallest absolute Gasteiger partial charge is 0.348 e. The lowest BCUT2D eigenvalue weighted by Crippen LogP contribution is -2.79. The van der Waals surface area contributed by atoms with Crippen molar-refractivity contribution in [2.75, 3.05) is 20.3 Å². The average Bonchev–Trinajstić information content (AvgIpc) is 3.21. The quantitative estimate of drug-likeness (QED) is 0.201. The molecular formula is C28H36O12. The van der Waals surface area contributed by atoms with E-state index in [9.17, 15) is 39.6 Å². The molecule has 4 N–H and O–H groups in total. The minimum atomic E-state index is -2.26. The van der Waals surface area contributed by atoms with Crippen LogP contribution in [0.5, 0.6) is 0 Å². The summed E-state index contributed by atoms with van der Waals surface area (Å²) in [4.78, 5) is 52.8. The molecule has 2 aliphatic heterocycles. The molecule has 5 rings (SSSR count). The lowest BCUT2D eigenvalue weighted by atomic mass is 9.38. The van der Waals surface area contributed by atoms with Crippen LogP contribution in [0, 0.1) is 34.5 Å². The summed E-state index contributed by atoms with van der Waals surface area (Å²) in [6.07, 6.45) is -5.08. The molecule has 3 aliphatic carbocycles. The second-order valence-electron chi connectivity index (χ2n) is 12.3. The summed E-state index contributed by atoms with van der Waals surface area (Å²) in [5.74, 6) is -6.97. The zero-order chi connectivity index (χ0) is 29.5. The van der Waals surface area contributed by atoms with E-state index < -0.39 is 82.3 Å². The van der Waals surface area contributed by atoms with E-state index in [0.29, 0.717) is 11.1 Å². The molecule has 4 fully saturated rings. The number of rotatable bonds is 5.